The van der Waals surface area contributed by atoms with Gasteiger partial charge >= 0.3 is 5.97 Å². The minimum absolute atomic E-state index is 0.0846. The van der Waals surface area contributed by atoms with Gasteiger partial charge in [0.05, 0.1) is 7.11 Å². The second-order valence-electron chi connectivity index (χ2n) is 5.84. The van der Waals surface area contributed by atoms with E-state index in [1.807, 2.05) is 37.3 Å². The van der Waals surface area contributed by atoms with E-state index in [4.69, 9.17) is 4.74 Å². The average molecular weight is 289 g/mol. The summed E-state index contributed by atoms with van der Waals surface area (Å²) in [5.41, 5.74) is 0.327. The number of rotatable bonds is 5. The minimum atomic E-state index is -0.803. The quantitative estimate of drug-likeness (QED) is 0.848. The van der Waals surface area contributed by atoms with Crippen LogP contribution in [0.4, 0.5) is 0 Å². The van der Waals surface area contributed by atoms with Crippen LogP contribution in [0, 0.1) is 0 Å². The number of hydrogen-bond acceptors (Lipinski definition) is 3. The molecule has 1 aliphatic rings. The van der Waals surface area contributed by atoms with Crippen LogP contribution in [0.2, 0.25) is 0 Å². The van der Waals surface area contributed by atoms with Crippen molar-refractivity contribution >= 4 is 11.9 Å². The number of amides is 1. The highest BCUT2D eigenvalue weighted by Gasteiger charge is 2.43. The van der Waals surface area contributed by atoms with E-state index in [0.717, 1.165) is 18.4 Å². The van der Waals surface area contributed by atoms with Crippen LogP contribution in [0.1, 0.15) is 50.5 Å². The molecule has 2 rings (SSSR count). The van der Waals surface area contributed by atoms with E-state index in [2.05, 4.69) is 5.32 Å². The van der Waals surface area contributed by atoms with Crippen molar-refractivity contribution in [3.05, 3.63) is 35.9 Å². The standard InChI is InChI=1S/C17H23NO3/c1-13(14-8-4-3-5-9-14)12-15(19)18-17(16(20)21-2)10-6-7-11-17/h3-5,8-9,13H,6-7,10-12H2,1-2H3,(H,18,19). The average Bonchev–Trinajstić information content (AvgIpc) is 2.96. The molecule has 0 radical (unpaired) electrons. The molecule has 4 heteroatoms. The van der Waals surface area contributed by atoms with Crippen LogP contribution in [0.25, 0.3) is 0 Å². The third kappa shape index (κ3) is 3.63. The van der Waals surface area contributed by atoms with Gasteiger partial charge < -0.3 is 10.1 Å². The Bertz CT molecular complexity index is 492. The van der Waals surface area contributed by atoms with Crippen molar-refractivity contribution in [1.29, 1.82) is 0 Å². The summed E-state index contributed by atoms with van der Waals surface area (Å²) in [6.07, 6.45) is 3.62. The zero-order chi connectivity index (χ0) is 15.3. The van der Waals surface area contributed by atoms with Crippen molar-refractivity contribution in [3.8, 4) is 0 Å². The largest absolute Gasteiger partial charge is 0.467 e. The summed E-state index contributed by atoms with van der Waals surface area (Å²) in [7, 11) is 1.38. The van der Waals surface area contributed by atoms with Gasteiger partial charge in [-0.05, 0) is 24.3 Å². The summed E-state index contributed by atoms with van der Waals surface area (Å²) in [6.45, 7) is 2.02. The summed E-state index contributed by atoms with van der Waals surface area (Å²) in [5, 5.41) is 2.93. The number of ether oxygens (including phenoxy) is 1. The molecule has 0 bridgehead atoms. The Balaban J connectivity index is 1.98. The van der Waals surface area contributed by atoms with Crippen molar-refractivity contribution in [2.75, 3.05) is 7.11 Å². The third-order valence-electron chi connectivity index (χ3n) is 4.27. The Kier molecular flexibility index (Phi) is 4.99. The SMILES string of the molecule is COC(=O)C1(NC(=O)CC(C)c2ccccc2)CCCC1. The molecular weight excluding hydrogens is 266 g/mol. The Labute approximate surface area is 125 Å². The highest BCUT2D eigenvalue weighted by Crippen LogP contribution is 2.31. The molecule has 0 aliphatic heterocycles. The van der Waals surface area contributed by atoms with Crippen LogP contribution >= 0.6 is 0 Å². The predicted molar refractivity (Wildman–Crippen MR) is 80.8 cm³/mol. The number of carbonyl (C=O) groups excluding carboxylic acids is 2. The number of hydrogen-bond donors (Lipinski definition) is 1. The fourth-order valence-corrected chi connectivity index (χ4v) is 3.05. The highest BCUT2D eigenvalue weighted by atomic mass is 16.5. The molecule has 0 spiro atoms. The van der Waals surface area contributed by atoms with Crippen LogP contribution in [0.3, 0.4) is 0 Å². The lowest BCUT2D eigenvalue weighted by molar-refractivity contribution is -0.150. The maximum Gasteiger partial charge on any atom is 0.331 e. The molecule has 1 N–H and O–H groups in total. The van der Waals surface area contributed by atoms with Gasteiger partial charge in [0.25, 0.3) is 0 Å². The zero-order valence-electron chi connectivity index (χ0n) is 12.7. The Morgan fingerprint density at radius 3 is 2.43 bits per heavy atom. The van der Waals surface area contributed by atoms with Gasteiger partial charge in [-0.3, -0.25) is 4.79 Å². The van der Waals surface area contributed by atoms with E-state index in [1.165, 1.54) is 7.11 Å². The molecule has 21 heavy (non-hydrogen) atoms. The molecule has 1 aromatic rings. The number of esters is 1. The number of nitrogens with one attached hydrogen (secondary N) is 1. The molecule has 0 saturated heterocycles. The van der Waals surface area contributed by atoms with E-state index in [-0.39, 0.29) is 17.8 Å². The summed E-state index contributed by atoms with van der Waals surface area (Å²) >= 11 is 0. The molecule has 4 nitrogen and oxygen atoms in total. The van der Waals surface area contributed by atoms with Gasteiger partial charge in [-0.1, -0.05) is 50.1 Å². The first-order valence-electron chi connectivity index (χ1n) is 7.52. The lowest BCUT2D eigenvalue weighted by Crippen LogP contribution is -2.53. The van der Waals surface area contributed by atoms with Crippen LogP contribution in [0.15, 0.2) is 30.3 Å². The normalized spacial score (nSPS) is 18.0. The molecule has 0 heterocycles. The fourth-order valence-electron chi connectivity index (χ4n) is 3.05. The molecule has 1 aromatic carbocycles. The molecule has 1 fully saturated rings. The van der Waals surface area contributed by atoms with Gasteiger partial charge in [0, 0.05) is 6.42 Å². The zero-order valence-corrected chi connectivity index (χ0v) is 12.7. The second kappa shape index (κ2) is 6.74. The van der Waals surface area contributed by atoms with Crippen molar-refractivity contribution in [1.82, 2.24) is 5.32 Å². The Morgan fingerprint density at radius 2 is 1.86 bits per heavy atom. The number of carbonyl (C=O) groups is 2. The summed E-state index contributed by atoms with van der Waals surface area (Å²) < 4.78 is 4.87. The lowest BCUT2D eigenvalue weighted by atomic mass is 9.94. The van der Waals surface area contributed by atoms with Crippen LogP contribution in [0.5, 0.6) is 0 Å². The first-order valence-corrected chi connectivity index (χ1v) is 7.52. The molecule has 1 atom stereocenters. The van der Waals surface area contributed by atoms with E-state index < -0.39 is 5.54 Å². The summed E-state index contributed by atoms with van der Waals surface area (Å²) in [4.78, 5) is 24.3. The maximum absolute atomic E-state index is 12.3. The Hall–Kier alpha value is -1.84. The van der Waals surface area contributed by atoms with Crippen molar-refractivity contribution in [2.45, 2.75) is 50.5 Å². The van der Waals surface area contributed by atoms with Gasteiger partial charge in [0.1, 0.15) is 5.54 Å². The summed E-state index contributed by atoms with van der Waals surface area (Å²) in [5.74, 6) is -0.276. The molecular formula is C17H23NO3. The van der Waals surface area contributed by atoms with Crippen LogP contribution in [-0.4, -0.2) is 24.5 Å². The molecule has 1 saturated carbocycles. The monoisotopic (exact) mass is 289 g/mol. The first kappa shape index (κ1) is 15.5. The van der Waals surface area contributed by atoms with Gasteiger partial charge in [-0.25, -0.2) is 4.79 Å². The van der Waals surface area contributed by atoms with Gasteiger partial charge in [-0.15, -0.1) is 0 Å². The molecule has 1 amide bonds. The topological polar surface area (TPSA) is 55.4 Å². The van der Waals surface area contributed by atoms with Gasteiger partial charge in [0.2, 0.25) is 5.91 Å². The van der Waals surface area contributed by atoms with Gasteiger partial charge in [-0.2, -0.15) is 0 Å². The number of benzene rings is 1. The number of methoxy groups -OCH3 is 1. The lowest BCUT2D eigenvalue weighted by Gasteiger charge is -2.27. The molecule has 0 aromatic heterocycles. The molecule has 114 valence electrons. The first-order chi connectivity index (χ1) is 10.1. The van der Waals surface area contributed by atoms with E-state index in [1.54, 1.807) is 0 Å². The smallest absolute Gasteiger partial charge is 0.331 e. The molecule has 1 unspecified atom stereocenters. The maximum atomic E-state index is 12.3. The van der Waals surface area contributed by atoms with Crippen LogP contribution in [-0.2, 0) is 14.3 Å². The van der Waals surface area contributed by atoms with E-state index in [0.29, 0.717) is 19.3 Å². The summed E-state index contributed by atoms with van der Waals surface area (Å²) in [6, 6.07) is 9.93. The van der Waals surface area contributed by atoms with Gasteiger partial charge in [0.15, 0.2) is 0 Å². The fraction of sp³-hybridized carbons (Fsp3) is 0.529. The second-order valence-corrected chi connectivity index (χ2v) is 5.84. The molecule has 1 aliphatic carbocycles. The highest BCUT2D eigenvalue weighted by molar-refractivity contribution is 5.88. The van der Waals surface area contributed by atoms with E-state index >= 15 is 0 Å². The van der Waals surface area contributed by atoms with Crippen molar-refractivity contribution in [2.24, 2.45) is 0 Å². The minimum Gasteiger partial charge on any atom is -0.467 e. The Morgan fingerprint density at radius 1 is 1.24 bits per heavy atom. The predicted octanol–water partition coefficient (Wildman–Crippen LogP) is 2.78. The third-order valence-corrected chi connectivity index (χ3v) is 4.27. The van der Waals surface area contributed by atoms with E-state index in [9.17, 15) is 9.59 Å². The van der Waals surface area contributed by atoms with Crippen LogP contribution < -0.4 is 5.32 Å². The van der Waals surface area contributed by atoms with Crippen molar-refractivity contribution in [3.63, 3.8) is 0 Å². The van der Waals surface area contributed by atoms with Crippen molar-refractivity contribution < 1.29 is 14.3 Å².